The van der Waals surface area contributed by atoms with Gasteiger partial charge in [0.25, 0.3) is 0 Å². The minimum absolute atomic E-state index is 0.0245. The Morgan fingerprint density at radius 3 is 2.47 bits per heavy atom. The number of carbonyl (C=O) groups excluding carboxylic acids is 2. The van der Waals surface area contributed by atoms with Crippen molar-refractivity contribution < 1.29 is 9.59 Å². The molecular weight excluding hydrogens is 240 g/mol. The molecule has 2 unspecified atom stereocenters. The Morgan fingerprint density at radius 2 is 2.00 bits per heavy atom. The molecule has 1 aliphatic rings. The fourth-order valence-corrected chi connectivity index (χ4v) is 2.16. The Morgan fingerprint density at radius 1 is 1.42 bits per heavy atom. The normalized spacial score (nSPS) is 23.9. The third-order valence-electron chi connectivity index (χ3n) is 3.94. The van der Waals surface area contributed by atoms with Gasteiger partial charge in [-0.05, 0) is 33.6 Å². The Bertz CT molecular complexity index is 395. The number of hydrogen-bond acceptors (Lipinski definition) is 2. The molecule has 2 amide bonds. The zero-order valence-electron chi connectivity index (χ0n) is 12.9. The molecule has 1 rings (SSSR count). The van der Waals surface area contributed by atoms with Crippen molar-refractivity contribution in [2.45, 2.75) is 59.5 Å². The van der Waals surface area contributed by atoms with E-state index in [-0.39, 0.29) is 17.7 Å². The summed E-state index contributed by atoms with van der Waals surface area (Å²) >= 11 is 0. The summed E-state index contributed by atoms with van der Waals surface area (Å²) in [7, 11) is 0. The summed E-state index contributed by atoms with van der Waals surface area (Å²) in [6.07, 6.45) is 2.86. The van der Waals surface area contributed by atoms with Crippen molar-refractivity contribution in [1.82, 2.24) is 10.2 Å². The number of piperazine rings is 1. The van der Waals surface area contributed by atoms with E-state index < -0.39 is 11.6 Å². The predicted octanol–water partition coefficient (Wildman–Crippen LogP) is 2.10. The molecule has 0 aromatic rings. The SMILES string of the molecule is CCC(C)C1NC(=O)C(C)(C)N(CC=C(C)C)C1=O. The summed E-state index contributed by atoms with van der Waals surface area (Å²) in [5.41, 5.74) is 0.363. The van der Waals surface area contributed by atoms with E-state index in [0.717, 1.165) is 12.0 Å². The van der Waals surface area contributed by atoms with Crippen LogP contribution in [0.3, 0.4) is 0 Å². The van der Waals surface area contributed by atoms with Crippen LogP contribution in [0, 0.1) is 5.92 Å². The van der Waals surface area contributed by atoms with Gasteiger partial charge < -0.3 is 10.2 Å². The third kappa shape index (κ3) is 3.17. The Balaban J connectivity index is 3.03. The predicted molar refractivity (Wildman–Crippen MR) is 76.6 cm³/mol. The lowest BCUT2D eigenvalue weighted by molar-refractivity contribution is -0.155. The van der Waals surface area contributed by atoms with Crippen LogP contribution < -0.4 is 5.32 Å². The first-order chi connectivity index (χ1) is 8.71. The van der Waals surface area contributed by atoms with Crippen LogP contribution in [-0.4, -0.2) is 34.8 Å². The summed E-state index contributed by atoms with van der Waals surface area (Å²) in [6.45, 7) is 12.1. The van der Waals surface area contributed by atoms with Gasteiger partial charge in [-0.3, -0.25) is 9.59 Å². The Kier molecular flexibility index (Phi) is 4.77. The van der Waals surface area contributed by atoms with Crippen LogP contribution in [0.4, 0.5) is 0 Å². The quantitative estimate of drug-likeness (QED) is 0.792. The number of nitrogens with one attached hydrogen (secondary N) is 1. The van der Waals surface area contributed by atoms with Gasteiger partial charge in [-0.1, -0.05) is 31.9 Å². The number of carbonyl (C=O) groups is 2. The van der Waals surface area contributed by atoms with E-state index in [2.05, 4.69) is 5.32 Å². The monoisotopic (exact) mass is 266 g/mol. The second-order valence-corrected chi connectivity index (χ2v) is 6.13. The number of allylic oxidation sites excluding steroid dienone is 1. The first-order valence-electron chi connectivity index (χ1n) is 6.97. The maximum Gasteiger partial charge on any atom is 0.246 e. The van der Waals surface area contributed by atoms with Crippen molar-refractivity contribution in [3.8, 4) is 0 Å². The molecule has 1 aliphatic heterocycles. The maximum absolute atomic E-state index is 12.6. The van der Waals surface area contributed by atoms with Gasteiger partial charge >= 0.3 is 0 Å². The second-order valence-electron chi connectivity index (χ2n) is 6.13. The highest BCUT2D eigenvalue weighted by Gasteiger charge is 2.46. The molecule has 2 atom stereocenters. The average Bonchev–Trinajstić information content (AvgIpc) is 2.32. The molecule has 4 nitrogen and oxygen atoms in total. The smallest absolute Gasteiger partial charge is 0.246 e. The molecule has 0 aromatic heterocycles. The molecule has 4 heteroatoms. The summed E-state index contributed by atoms with van der Waals surface area (Å²) in [4.78, 5) is 26.5. The minimum Gasteiger partial charge on any atom is -0.342 e. The summed E-state index contributed by atoms with van der Waals surface area (Å²) in [5.74, 6) is 0.109. The number of rotatable bonds is 4. The van der Waals surface area contributed by atoms with Gasteiger partial charge in [-0.25, -0.2) is 0 Å². The third-order valence-corrected chi connectivity index (χ3v) is 3.94. The average molecular weight is 266 g/mol. The van der Waals surface area contributed by atoms with Crippen LogP contribution in [0.2, 0.25) is 0 Å². The van der Waals surface area contributed by atoms with E-state index in [9.17, 15) is 9.59 Å². The lowest BCUT2D eigenvalue weighted by Crippen LogP contribution is -2.69. The van der Waals surface area contributed by atoms with Crippen molar-refractivity contribution >= 4 is 11.8 Å². The number of amides is 2. The van der Waals surface area contributed by atoms with Gasteiger partial charge in [-0.15, -0.1) is 0 Å². The molecule has 0 spiro atoms. The van der Waals surface area contributed by atoms with E-state index >= 15 is 0 Å². The molecule has 0 radical (unpaired) electrons. The van der Waals surface area contributed by atoms with Gasteiger partial charge in [0.1, 0.15) is 11.6 Å². The first-order valence-corrected chi connectivity index (χ1v) is 6.97. The van der Waals surface area contributed by atoms with Gasteiger partial charge in [0, 0.05) is 6.54 Å². The molecule has 1 N–H and O–H groups in total. The van der Waals surface area contributed by atoms with Crippen LogP contribution in [-0.2, 0) is 9.59 Å². The molecule has 1 heterocycles. The Hall–Kier alpha value is -1.32. The molecule has 1 saturated heterocycles. The molecule has 0 aliphatic carbocycles. The maximum atomic E-state index is 12.6. The molecule has 19 heavy (non-hydrogen) atoms. The van der Waals surface area contributed by atoms with Crippen LogP contribution in [0.1, 0.15) is 48.0 Å². The highest BCUT2D eigenvalue weighted by molar-refractivity contribution is 5.99. The first kappa shape index (κ1) is 15.7. The lowest BCUT2D eigenvalue weighted by atomic mass is 9.89. The van der Waals surface area contributed by atoms with Crippen LogP contribution in [0.5, 0.6) is 0 Å². The second kappa shape index (κ2) is 5.76. The number of nitrogens with zero attached hydrogens (tertiary/aromatic N) is 1. The Labute approximate surface area is 116 Å². The van der Waals surface area contributed by atoms with Gasteiger partial charge in [-0.2, -0.15) is 0 Å². The van der Waals surface area contributed by atoms with Crippen molar-refractivity contribution in [2.24, 2.45) is 5.92 Å². The highest BCUT2D eigenvalue weighted by Crippen LogP contribution is 2.24. The zero-order chi connectivity index (χ0) is 14.8. The molecule has 108 valence electrons. The minimum atomic E-state index is -0.785. The van der Waals surface area contributed by atoms with Crippen molar-refractivity contribution in [3.63, 3.8) is 0 Å². The van der Waals surface area contributed by atoms with E-state index in [1.54, 1.807) is 18.7 Å². The summed E-state index contributed by atoms with van der Waals surface area (Å²) in [5, 5.41) is 2.87. The summed E-state index contributed by atoms with van der Waals surface area (Å²) in [6, 6.07) is -0.393. The molecular formula is C15H26N2O2. The van der Waals surface area contributed by atoms with E-state index in [1.165, 1.54) is 0 Å². The van der Waals surface area contributed by atoms with E-state index in [4.69, 9.17) is 0 Å². The van der Waals surface area contributed by atoms with Crippen molar-refractivity contribution in [2.75, 3.05) is 6.54 Å². The largest absolute Gasteiger partial charge is 0.342 e. The topological polar surface area (TPSA) is 49.4 Å². The lowest BCUT2D eigenvalue weighted by Gasteiger charge is -2.45. The van der Waals surface area contributed by atoms with Crippen LogP contribution >= 0.6 is 0 Å². The van der Waals surface area contributed by atoms with Crippen LogP contribution in [0.15, 0.2) is 11.6 Å². The van der Waals surface area contributed by atoms with E-state index in [1.807, 2.05) is 33.8 Å². The van der Waals surface area contributed by atoms with Crippen LogP contribution in [0.25, 0.3) is 0 Å². The molecule has 0 saturated carbocycles. The van der Waals surface area contributed by atoms with Crippen molar-refractivity contribution in [3.05, 3.63) is 11.6 Å². The highest BCUT2D eigenvalue weighted by atomic mass is 16.2. The summed E-state index contributed by atoms with van der Waals surface area (Å²) < 4.78 is 0. The van der Waals surface area contributed by atoms with Gasteiger partial charge in [0.05, 0.1) is 0 Å². The molecule has 0 bridgehead atoms. The van der Waals surface area contributed by atoms with Gasteiger partial charge in [0.15, 0.2) is 0 Å². The van der Waals surface area contributed by atoms with E-state index in [0.29, 0.717) is 6.54 Å². The van der Waals surface area contributed by atoms with Crippen molar-refractivity contribution in [1.29, 1.82) is 0 Å². The number of hydrogen-bond donors (Lipinski definition) is 1. The zero-order valence-corrected chi connectivity index (χ0v) is 12.9. The fourth-order valence-electron chi connectivity index (χ4n) is 2.16. The molecule has 1 fully saturated rings. The van der Waals surface area contributed by atoms with Gasteiger partial charge in [0.2, 0.25) is 11.8 Å². The fraction of sp³-hybridized carbons (Fsp3) is 0.733. The standard InChI is InChI=1S/C15H26N2O2/c1-7-11(4)12-13(18)17(9-8-10(2)3)15(5,6)14(19)16-12/h8,11-12H,7,9H2,1-6H3,(H,16,19). The molecule has 0 aromatic carbocycles.